The summed E-state index contributed by atoms with van der Waals surface area (Å²) in [5.74, 6) is -1.59. The van der Waals surface area contributed by atoms with Crippen molar-refractivity contribution in [2.24, 2.45) is 11.7 Å². The molecule has 12 heteroatoms. The standard InChI is InChI=1S/C15H23N6O5S/c1-9(14(16)24)5-6-13(23)18-11-4-3-7-21(8-12(11)22)27(25,26)15-17-10(2)19-20-15/h6,9,11H,3-5,7-8H2,1-2H3,(H2,16,24)(H,18,23)(H,17,19,20)/t9?,11-/m0/s1. The van der Waals surface area contributed by atoms with E-state index >= 15 is 0 Å². The Balaban J connectivity index is 1.97. The maximum atomic E-state index is 12.6. The van der Waals surface area contributed by atoms with Gasteiger partial charge in [-0.3, -0.25) is 19.5 Å². The predicted octanol–water partition coefficient (Wildman–Crippen LogP) is -1.33. The number of hydrogen-bond donors (Lipinski definition) is 3. The number of hydrogen-bond acceptors (Lipinski definition) is 7. The van der Waals surface area contributed by atoms with Crippen LogP contribution < -0.4 is 11.1 Å². The zero-order valence-electron chi connectivity index (χ0n) is 15.1. The molecule has 0 aromatic carbocycles. The van der Waals surface area contributed by atoms with Gasteiger partial charge in [0.05, 0.1) is 19.0 Å². The molecule has 2 amide bonds. The summed E-state index contributed by atoms with van der Waals surface area (Å²) in [4.78, 5) is 39.2. The van der Waals surface area contributed by atoms with Gasteiger partial charge in [-0.15, -0.1) is 5.10 Å². The fraction of sp³-hybridized carbons (Fsp3) is 0.600. The highest BCUT2D eigenvalue weighted by molar-refractivity contribution is 7.89. The Bertz CT molecular complexity index is 820. The van der Waals surface area contributed by atoms with E-state index in [2.05, 4.69) is 20.5 Å². The molecule has 1 aromatic heterocycles. The first kappa shape index (κ1) is 21.0. The number of nitrogens with zero attached hydrogens (tertiary/aromatic N) is 3. The molecule has 1 saturated heterocycles. The molecule has 0 bridgehead atoms. The van der Waals surface area contributed by atoms with Crippen LogP contribution in [0.5, 0.6) is 0 Å². The second-order valence-corrected chi connectivity index (χ2v) is 8.29. The number of aromatic nitrogens is 3. The number of H-pyrrole nitrogens is 1. The molecule has 149 valence electrons. The van der Waals surface area contributed by atoms with E-state index in [1.165, 1.54) is 6.42 Å². The Morgan fingerprint density at radius 2 is 2.19 bits per heavy atom. The van der Waals surface area contributed by atoms with E-state index in [1.54, 1.807) is 13.8 Å². The van der Waals surface area contributed by atoms with Gasteiger partial charge in [-0.1, -0.05) is 6.92 Å². The van der Waals surface area contributed by atoms with E-state index in [-0.39, 0.29) is 24.7 Å². The SMILES string of the molecule is Cc1nc(S(=O)(=O)N2CCC[C@H](NC(=O)[CH]CC(C)C(N)=O)C(=O)C2)n[nH]1. The van der Waals surface area contributed by atoms with Crippen molar-refractivity contribution in [3.63, 3.8) is 0 Å². The van der Waals surface area contributed by atoms with Crippen LogP contribution in [0.25, 0.3) is 0 Å². The largest absolute Gasteiger partial charge is 0.369 e. The molecule has 2 heterocycles. The van der Waals surface area contributed by atoms with Crippen molar-refractivity contribution in [1.29, 1.82) is 0 Å². The van der Waals surface area contributed by atoms with E-state index in [4.69, 9.17) is 5.73 Å². The van der Waals surface area contributed by atoms with Crippen molar-refractivity contribution < 1.29 is 22.8 Å². The van der Waals surface area contributed by atoms with Crippen LogP contribution in [0, 0.1) is 19.3 Å². The molecule has 2 rings (SSSR count). The number of primary amides is 1. The van der Waals surface area contributed by atoms with Gasteiger partial charge in [0.15, 0.2) is 5.78 Å². The topological polar surface area (TPSA) is 168 Å². The van der Waals surface area contributed by atoms with Crippen molar-refractivity contribution in [3.05, 3.63) is 12.2 Å². The van der Waals surface area contributed by atoms with E-state index in [1.807, 2.05) is 0 Å². The van der Waals surface area contributed by atoms with Crippen LogP contribution in [0.1, 0.15) is 32.0 Å². The number of carbonyl (C=O) groups is 3. The molecule has 0 spiro atoms. The molecular weight excluding hydrogens is 376 g/mol. The van der Waals surface area contributed by atoms with Crippen LogP contribution in [-0.4, -0.2) is 64.6 Å². The number of carbonyl (C=O) groups excluding carboxylic acids is 3. The van der Waals surface area contributed by atoms with Gasteiger partial charge in [0, 0.05) is 12.5 Å². The van der Waals surface area contributed by atoms with Crippen LogP contribution in [0.4, 0.5) is 0 Å². The zero-order valence-corrected chi connectivity index (χ0v) is 16.0. The summed E-state index contributed by atoms with van der Waals surface area (Å²) in [6.07, 6.45) is 2.12. The number of ketones is 1. The van der Waals surface area contributed by atoms with Gasteiger partial charge in [0.25, 0.3) is 15.2 Å². The molecule has 4 N–H and O–H groups in total. The summed E-state index contributed by atoms with van der Waals surface area (Å²) in [7, 11) is -3.99. The minimum Gasteiger partial charge on any atom is -0.369 e. The summed E-state index contributed by atoms with van der Waals surface area (Å²) in [5, 5.41) is 8.29. The number of Topliss-reactive ketones (excluding diaryl/α,β-unsaturated/α-hetero) is 1. The summed E-state index contributed by atoms with van der Waals surface area (Å²) < 4.78 is 26.1. The van der Waals surface area contributed by atoms with E-state index < -0.39 is 39.6 Å². The second-order valence-electron chi connectivity index (χ2n) is 6.45. The Hall–Kier alpha value is -2.34. The molecule has 1 aliphatic rings. The van der Waals surface area contributed by atoms with Gasteiger partial charge in [0.1, 0.15) is 5.82 Å². The fourth-order valence-electron chi connectivity index (χ4n) is 2.54. The average molecular weight is 399 g/mol. The van der Waals surface area contributed by atoms with Gasteiger partial charge < -0.3 is 11.1 Å². The molecule has 11 nitrogen and oxygen atoms in total. The average Bonchev–Trinajstić information content (AvgIpc) is 2.95. The number of nitrogens with two attached hydrogens (primary N) is 1. The van der Waals surface area contributed by atoms with E-state index in [9.17, 15) is 22.8 Å². The fourth-order valence-corrected chi connectivity index (χ4v) is 3.85. The minimum absolute atomic E-state index is 0.121. The summed E-state index contributed by atoms with van der Waals surface area (Å²) in [6.45, 7) is 2.91. The van der Waals surface area contributed by atoms with Gasteiger partial charge >= 0.3 is 0 Å². The molecule has 2 atom stereocenters. The molecule has 1 aliphatic heterocycles. The van der Waals surface area contributed by atoms with Crippen molar-refractivity contribution >= 4 is 27.6 Å². The lowest BCUT2D eigenvalue weighted by molar-refractivity contribution is -0.126. The van der Waals surface area contributed by atoms with Crippen molar-refractivity contribution in [2.45, 2.75) is 44.3 Å². The Morgan fingerprint density at radius 3 is 2.78 bits per heavy atom. The molecule has 0 aliphatic carbocycles. The Labute approximate surface area is 157 Å². The molecule has 0 saturated carbocycles. The molecular formula is C15H23N6O5S. The summed E-state index contributed by atoms with van der Waals surface area (Å²) in [6, 6.07) is -0.799. The number of rotatable bonds is 7. The first-order valence-corrected chi connectivity index (χ1v) is 9.90. The third kappa shape index (κ3) is 5.32. The molecule has 1 unspecified atom stereocenters. The number of sulfonamides is 1. The first-order valence-electron chi connectivity index (χ1n) is 8.46. The lowest BCUT2D eigenvalue weighted by Crippen LogP contribution is -2.44. The first-order chi connectivity index (χ1) is 12.6. The number of nitrogens with one attached hydrogen (secondary N) is 2. The smallest absolute Gasteiger partial charge is 0.282 e. The predicted molar refractivity (Wildman–Crippen MR) is 93.3 cm³/mol. The monoisotopic (exact) mass is 399 g/mol. The number of aryl methyl sites for hydroxylation is 1. The molecule has 1 fully saturated rings. The second kappa shape index (κ2) is 8.57. The van der Waals surface area contributed by atoms with Crippen LogP contribution in [0.2, 0.25) is 0 Å². The van der Waals surface area contributed by atoms with E-state index in [0.717, 1.165) is 4.31 Å². The van der Waals surface area contributed by atoms with Crippen molar-refractivity contribution in [2.75, 3.05) is 13.1 Å². The normalized spacial score (nSPS) is 20.1. The van der Waals surface area contributed by atoms with Crippen molar-refractivity contribution in [1.82, 2.24) is 24.8 Å². The Kier molecular flexibility index (Phi) is 6.65. The molecule has 1 aromatic rings. The lowest BCUT2D eigenvalue weighted by atomic mass is 10.0. The third-order valence-electron chi connectivity index (χ3n) is 4.23. The Morgan fingerprint density at radius 1 is 1.48 bits per heavy atom. The van der Waals surface area contributed by atoms with Gasteiger partial charge in [-0.2, -0.15) is 4.31 Å². The number of amides is 2. The maximum Gasteiger partial charge on any atom is 0.282 e. The summed E-state index contributed by atoms with van der Waals surface area (Å²) in [5.41, 5.74) is 5.14. The minimum atomic E-state index is -3.99. The number of aromatic amines is 1. The quantitative estimate of drug-likeness (QED) is 0.510. The highest BCUT2D eigenvalue weighted by Crippen LogP contribution is 2.17. The van der Waals surface area contributed by atoms with Crippen LogP contribution in [0.15, 0.2) is 5.16 Å². The lowest BCUT2D eigenvalue weighted by Gasteiger charge is -2.18. The van der Waals surface area contributed by atoms with E-state index in [0.29, 0.717) is 18.7 Å². The van der Waals surface area contributed by atoms with Crippen molar-refractivity contribution in [3.8, 4) is 0 Å². The van der Waals surface area contributed by atoms with Gasteiger partial charge in [-0.05, 0) is 26.2 Å². The highest BCUT2D eigenvalue weighted by atomic mass is 32.2. The zero-order chi connectivity index (χ0) is 20.2. The van der Waals surface area contributed by atoms with Crippen LogP contribution >= 0.6 is 0 Å². The molecule has 1 radical (unpaired) electrons. The highest BCUT2D eigenvalue weighted by Gasteiger charge is 2.35. The van der Waals surface area contributed by atoms with Gasteiger partial charge in [-0.25, -0.2) is 13.4 Å². The maximum absolute atomic E-state index is 12.6. The molecule has 27 heavy (non-hydrogen) atoms. The third-order valence-corrected chi connectivity index (χ3v) is 5.86. The van der Waals surface area contributed by atoms with Crippen LogP contribution in [0.3, 0.4) is 0 Å². The van der Waals surface area contributed by atoms with Crippen LogP contribution in [-0.2, 0) is 24.4 Å². The van der Waals surface area contributed by atoms with Gasteiger partial charge in [0.2, 0.25) is 11.8 Å². The summed E-state index contributed by atoms with van der Waals surface area (Å²) >= 11 is 0.